The molecule has 0 amide bonds. The monoisotopic (exact) mass is 237 g/mol. The van der Waals surface area contributed by atoms with Gasteiger partial charge in [-0.05, 0) is 24.1 Å². The SMILES string of the molecule is NNC(Cc1ccnc2ccccc12)C(F)F. The summed E-state index contributed by atoms with van der Waals surface area (Å²) in [5, 5.41) is 0.885. The van der Waals surface area contributed by atoms with E-state index >= 15 is 0 Å². The van der Waals surface area contributed by atoms with Gasteiger partial charge in [0.2, 0.25) is 0 Å². The van der Waals surface area contributed by atoms with E-state index in [0.29, 0.717) is 0 Å². The molecule has 1 aromatic heterocycles. The number of fused-ring (bicyclic) bond motifs is 1. The second-order valence-corrected chi connectivity index (χ2v) is 3.80. The number of hydrogen-bond donors (Lipinski definition) is 2. The number of hydrazine groups is 1. The molecule has 0 saturated heterocycles. The van der Waals surface area contributed by atoms with Gasteiger partial charge >= 0.3 is 0 Å². The summed E-state index contributed by atoms with van der Waals surface area (Å²) in [7, 11) is 0. The number of nitrogens with two attached hydrogens (primary N) is 1. The Kier molecular flexibility index (Phi) is 3.61. The molecule has 2 rings (SSSR count). The molecule has 0 aliphatic heterocycles. The number of benzene rings is 1. The molecule has 5 heteroatoms. The van der Waals surface area contributed by atoms with Gasteiger partial charge < -0.3 is 0 Å². The summed E-state index contributed by atoms with van der Waals surface area (Å²) in [4.78, 5) is 4.18. The van der Waals surface area contributed by atoms with Crippen LogP contribution >= 0.6 is 0 Å². The third-order valence-electron chi connectivity index (χ3n) is 2.70. The molecule has 1 heterocycles. The summed E-state index contributed by atoms with van der Waals surface area (Å²) in [6.07, 6.45) is -0.694. The minimum Gasteiger partial charge on any atom is -0.271 e. The molecule has 17 heavy (non-hydrogen) atoms. The van der Waals surface area contributed by atoms with Gasteiger partial charge in [0.25, 0.3) is 6.43 Å². The quantitative estimate of drug-likeness (QED) is 0.630. The highest BCUT2D eigenvalue weighted by molar-refractivity contribution is 5.81. The molecule has 90 valence electrons. The van der Waals surface area contributed by atoms with Crippen LogP contribution in [0.4, 0.5) is 8.78 Å². The summed E-state index contributed by atoms with van der Waals surface area (Å²) in [5.74, 6) is 5.12. The first-order valence-corrected chi connectivity index (χ1v) is 5.29. The number of nitrogens with one attached hydrogen (secondary N) is 1. The molecule has 0 spiro atoms. The van der Waals surface area contributed by atoms with E-state index in [-0.39, 0.29) is 6.42 Å². The lowest BCUT2D eigenvalue weighted by Crippen LogP contribution is -2.42. The van der Waals surface area contributed by atoms with Crippen molar-refractivity contribution in [1.82, 2.24) is 10.4 Å². The normalized spacial score (nSPS) is 13.2. The van der Waals surface area contributed by atoms with Crippen LogP contribution in [0.1, 0.15) is 5.56 Å². The fourth-order valence-electron chi connectivity index (χ4n) is 1.79. The zero-order chi connectivity index (χ0) is 12.3. The number of nitrogens with zero attached hydrogens (tertiary/aromatic N) is 1. The fourth-order valence-corrected chi connectivity index (χ4v) is 1.79. The zero-order valence-corrected chi connectivity index (χ0v) is 9.11. The van der Waals surface area contributed by atoms with Crippen molar-refractivity contribution >= 4 is 10.9 Å². The molecule has 0 fully saturated rings. The van der Waals surface area contributed by atoms with Crippen molar-refractivity contribution in [1.29, 1.82) is 0 Å². The lowest BCUT2D eigenvalue weighted by molar-refractivity contribution is 0.0986. The molecule has 0 bridgehead atoms. The van der Waals surface area contributed by atoms with Gasteiger partial charge in [-0.2, -0.15) is 0 Å². The topological polar surface area (TPSA) is 50.9 Å². The number of aromatic nitrogens is 1. The van der Waals surface area contributed by atoms with E-state index in [1.165, 1.54) is 0 Å². The van der Waals surface area contributed by atoms with E-state index < -0.39 is 12.5 Å². The molecule has 0 radical (unpaired) electrons. The van der Waals surface area contributed by atoms with Crippen LogP contribution in [0.2, 0.25) is 0 Å². The van der Waals surface area contributed by atoms with Crippen LogP contribution < -0.4 is 11.3 Å². The Morgan fingerprint density at radius 1 is 1.24 bits per heavy atom. The van der Waals surface area contributed by atoms with Crippen LogP contribution in [0, 0.1) is 0 Å². The number of halogens is 2. The third kappa shape index (κ3) is 2.57. The van der Waals surface area contributed by atoms with Crippen LogP contribution in [0.5, 0.6) is 0 Å². The average Bonchev–Trinajstić information content (AvgIpc) is 2.35. The van der Waals surface area contributed by atoms with Crippen LogP contribution in [0.15, 0.2) is 36.5 Å². The third-order valence-corrected chi connectivity index (χ3v) is 2.70. The average molecular weight is 237 g/mol. The summed E-state index contributed by atoms with van der Waals surface area (Å²) in [5.41, 5.74) is 3.76. The summed E-state index contributed by atoms with van der Waals surface area (Å²) >= 11 is 0. The maximum absolute atomic E-state index is 12.6. The second kappa shape index (κ2) is 5.16. The van der Waals surface area contributed by atoms with Crippen molar-refractivity contribution in [2.45, 2.75) is 18.9 Å². The highest BCUT2D eigenvalue weighted by atomic mass is 19.3. The Balaban J connectivity index is 2.35. The van der Waals surface area contributed by atoms with Crippen molar-refractivity contribution < 1.29 is 8.78 Å². The second-order valence-electron chi connectivity index (χ2n) is 3.80. The molecule has 1 aromatic carbocycles. The van der Waals surface area contributed by atoms with Gasteiger partial charge in [0.15, 0.2) is 0 Å². The standard InChI is InChI=1S/C12H13F2N3/c13-12(14)11(17-15)7-8-5-6-16-10-4-2-1-3-9(8)10/h1-6,11-12,17H,7,15H2. The van der Waals surface area contributed by atoms with Crippen molar-refractivity contribution in [3.05, 3.63) is 42.1 Å². The largest absolute Gasteiger partial charge is 0.271 e. The number of para-hydroxylation sites is 1. The number of hydrogen-bond acceptors (Lipinski definition) is 3. The molecular formula is C12H13F2N3. The first kappa shape index (κ1) is 11.9. The van der Waals surface area contributed by atoms with E-state index in [4.69, 9.17) is 5.84 Å². The molecular weight excluding hydrogens is 224 g/mol. The predicted octanol–water partition coefficient (Wildman–Crippen LogP) is 1.87. The molecule has 2 aromatic rings. The van der Waals surface area contributed by atoms with E-state index in [0.717, 1.165) is 16.5 Å². The van der Waals surface area contributed by atoms with Crippen molar-refractivity contribution in [2.24, 2.45) is 5.84 Å². The van der Waals surface area contributed by atoms with Gasteiger partial charge in [0.1, 0.15) is 0 Å². The summed E-state index contributed by atoms with van der Waals surface area (Å²) in [6.45, 7) is 0. The first-order valence-electron chi connectivity index (χ1n) is 5.29. The van der Waals surface area contributed by atoms with E-state index in [1.807, 2.05) is 24.3 Å². The smallest absolute Gasteiger partial charge is 0.255 e. The van der Waals surface area contributed by atoms with Crippen molar-refractivity contribution in [3.63, 3.8) is 0 Å². The number of alkyl halides is 2. The Morgan fingerprint density at radius 2 is 2.00 bits per heavy atom. The maximum atomic E-state index is 12.6. The number of rotatable bonds is 4. The first-order chi connectivity index (χ1) is 8.22. The molecule has 3 nitrogen and oxygen atoms in total. The summed E-state index contributed by atoms with van der Waals surface area (Å²) < 4.78 is 25.3. The minimum atomic E-state index is -2.49. The summed E-state index contributed by atoms with van der Waals surface area (Å²) in [6, 6.07) is 8.16. The highest BCUT2D eigenvalue weighted by Gasteiger charge is 2.19. The molecule has 0 aliphatic rings. The minimum absolute atomic E-state index is 0.178. The zero-order valence-electron chi connectivity index (χ0n) is 9.11. The number of pyridine rings is 1. The molecule has 0 aliphatic carbocycles. The lowest BCUT2D eigenvalue weighted by Gasteiger charge is -2.15. The molecule has 3 N–H and O–H groups in total. The predicted molar refractivity (Wildman–Crippen MR) is 62.6 cm³/mol. The van der Waals surface area contributed by atoms with E-state index in [1.54, 1.807) is 12.3 Å². The molecule has 1 atom stereocenters. The van der Waals surface area contributed by atoms with Gasteiger partial charge in [0.05, 0.1) is 11.6 Å². The van der Waals surface area contributed by atoms with Gasteiger partial charge in [-0.15, -0.1) is 0 Å². The lowest BCUT2D eigenvalue weighted by atomic mass is 10.0. The Labute approximate surface area is 97.6 Å². The maximum Gasteiger partial charge on any atom is 0.255 e. The van der Waals surface area contributed by atoms with Crippen LogP contribution in [0.3, 0.4) is 0 Å². The van der Waals surface area contributed by atoms with E-state index in [9.17, 15) is 8.78 Å². The Bertz CT molecular complexity index is 497. The molecule has 0 saturated carbocycles. The van der Waals surface area contributed by atoms with Gasteiger partial charge in [0, 0.05) is 11.6 Å². The Hall–Kier alpha value is -1.59. The van der Waals surface area contributed by atoms with Crippen LogP contribution in [-0.2, 0) is 6.42 Å². The highest BCUT2D eigenvalue weighted by Crippen LogP contribution is 2.19. The van der Waals surface area contributed by atoms with Crippen molar-refractivity contribution in [2.75, 3.05) is 0 Å². The van der Waals surface area contributed by atoms with E-state index in [2.05, 4.69) is 10.4 Å². The van der Waals surface area contributed by atoms with Crippen molar-refractivity contribution in [3.8, 4) is 0 Å². The molecule has 1 unspecified atom stereocenters. The van der Waals surface area contributed by atoms with Crippen LogP contribution in [-0.4, -0.2) is 17.5 Å². The van der Waals surface area contributed by atoms with Crippen LogP contribution in [0.25, 0.3) is 10.9 Å². The Morgan fingerprint density at radius 3 is 2.71 bits per heavy atom. The van der Waals surface area contributed by atoms with Gasteiger partial charge in [-0.1, -0.05) is 18.2 Å². The van der Waals surface area contributed by atoms with Gasteiger partial charge in [-0.3, -0.25) is 16.3 Å². The van der Waals surface area contributed by atoms with Gasteiger partial charge in [-0.25, -0.2) is 8.78 Å². The fraction of sp³-hybridized carbons (Fsp3) is 0.250.